The fraction of sp³-hybridized carbons (Fsp3) is 0.385. The number of hydrogen-bond acceptors (Lipinski definition) is 2. The summed E-state index contributed by atoms with van der Waals surface area (Å²) in [4.78, 5) is 0. The third-order valence-corrected chi connectivity index (χ3v) is 2.67. The average Bonchev–Trinajstić information content (AvgIpc) is 2.30. The molecule has 1 aromatic carbocycles. The van der Waals surface area contributed by atoms with Crippen LogP contribution in [-0.2, 0) is 6.42 Å². The second-order valence-corrected chi connectivity index (χ2v) is 4.00. The molecule has 0 amide bonds. The van der Waals surface area contributed by atoms with Gasteiger partial charge in [0.1, 0.15) is 5.82 Å². The van der Waals surface area contributed by atoms with Gasteiger partial charge in [-0.1, -0.05) is 31.2 Å². The van der Waals surface area contributed by atoms with Crippen LogP contribution >= 0.6 is 0 Å². The van der Waals surface area contributed by atoms with Gasteiger partial charge in [-0.25, -0.2) is 4.39 Å². The lowest BCUT2D eigenvalue weighted by atomic mass is 9.99. The van der Waals surface area contributed by atoms with Crippen LogP contribution in [0.4, 0.5) is 4.39 Å². The largest absolute Gasteiger partial charge is 0.271 e. The van der Waals surface area contributed by atoms with E-state index in [1.54, 1.807) is 12.1 Å². The maximum Gasteiger partial charge on any atom is 0.123 e. The number of nitrogens with two attached hydrogens (primary N) is 1. The highest BCUT2D eigenvalue weighted by Gasteiger charge is 2.08. The smallest absolute Gasteiger partial charge is 0.123 e. The van der Waals surface area contributed by atoms with E-state index in [0.717, 1.165) is 24.8 Å². The molecule has 0 saturated heterocycles. The van der Waals surface area contributed by atoms with Crippen LogP contribution in [0.5, 0.6) is 0 Å². The molecule has 3 N–H and O–H groups in total. The van der Waals surface area contributed by atoms with Crippen molar-refractivity contribution in [3.05, 3.63) is 47.8 Å². The van der Waals surface area contributed by atoms with E-state index in [4.69, 9.17) is 5.84 Å². The molecule has 0 saturated carbocycles. The Morgan fingerprint density at radius 3 is 2.56 bits per heavy atom. The molecular weight excluding hydrogens is 203 g/mol. The van der Waals surface area contributed by atoms with E-state index in [1.807, 2.05) is 0 Å². The molecule has 0 spiro atoms. The van der Waals surface area contributed by atoms with E-state index < -0.39 is 0 Å². The van der Waals surface area contributed by atoms with Crippen molar-refractivity contribution in [3.8, 4) is 0 Å². The number of hydrogen-bond donors (Lipinski definition) is 2. The minimum absolute atomic E-state index is 0.165. The molecule has 0 aliphatic carbocycles. The summed E-state index contributed by atoms with van der Waals surface area (Å²) in [5.41, 5.74) is 5.02. The number of benzene rings is 1. The lowest BCUT2D eigenvalue weighted by Gasteiger charge is -2.16. The van der Waals surface area contributed by atoms with Gasteiger partial charge in [-0.15, -0.1) is 0 Å². The Bertz CT molecular complexity index is 332. The molecule has 0 bridgehead atoms. The van der Waals surface area contributed by atoms with Gasteiger partial charge >= 0.3 is 0 Å². The predicted octanol–water partition coefficient (Wildman–Crippen LogP) is 2.56. The number of hydrazine groups is 1. The van der Waals surface area contributed by atoms with Gasteiger partial charge in [0.15, 0.2) is 0 Å². The Labute approximate surface area is 96.3 Å². The van der Waals surface area contributed by atoms with Gasteiger partial charge in [-0.3, -0.25) is 11.3 Å². The van der Waals surface area contributed by atoms with Gasteiger partial charge < -0.3 is 0 Å². The first-order chi connectivity index (χ1) is 7.65. The third-order valence-electron chi connectivity index (χ3n) is 2.67. The summed E-state index contributed by atoms with van der Waals surface area (Å²) in [6.45, 7) is 6.04. The molecule has 0 fully saturated rings. The van der Waals surface area contributed by atoms with Gasteiger partial charge in [-0.2, -0.15) is 0 Å². The molecule has 0 heterocycles. The SMILES string of the molecule is C=C(CC)CC(Cc1ccc(F)cc1)NN. The molecule has 0 radical (unpaired) electrons. The zero-order chi connectivity index (χ0) is 12.0. The van der Waals surface area contributed by atoms with Crippen molar-refractivity contribution < 1.29 is 4.39 Å². The van der Waals surface area contributed by atoms with Crippen LogP contribution in [0.25, 0.3) is 0 Å². The zero-order valence-electron chi connectivity index (χ0n) is 9.67. The van der Waals surface area contributed by atoms with E-state index in [0.29, 0.717) is 0 Å². The molecule has 88 valence electrons. The standard InChI is InChI=1S/C13H19FN2/c1-3-10(2)8-13(16-15)9-11-4-6-12(14)7-5-11/h4-7,13,16H,2-3,8-9,15H2,1H3. The monoisotopic (exact) mass is 222 g/mol. The van der Waals surface area contributed by atoms with Crippen LogP contribution in [0, 0.1) is 5.82 Å². The Hall–Kier alpha value is -1.19. The highest BCUT2D eigenvalue weighted by molar-refractivity contribution is 5.17. The zero-order valence-corrected chi connectivity index (χ0v) is 9.67. The Balaban J connectivity index is 2.56. The van der Waals surface area contributed by atoms with Crippen LogP contribution in [0.2, 0.25) is 0 Å². The van der Waals surface area contributed by atoms with Crippen LogP contribution in [0.1, 0.15) is 25.3 Å². The summed E-state index contributed by atoms with van der Waals surface area (Å²) in [6, 6.07) is 6.68. The van der Waals surface area contributed by atoms with Gasteiger partial charge in [0, 0.05) is 6.04 Å². The first-order valence-corrected chi connectivity index (χ1v) is 5.53. The first-order valence-electron chi connectivity index (χ1n) is 5.53. The van der Waals surface area contributed by atoms with Crippen molar-refractivity contribution in [2.45, 2.75) is 32.2 Å². The summed E-state index contributed by atoms with van der Waals surface area (Å²) >= 11 is 0. The first kappa shape index (κ1) is 12.9. The van der Waals surface area contributed by atoms with Crippen molar-refractivity contribution in [3.63, 3.8) is 0 Å². The van der Waals surface area contributed by atoms with Crippen LogP contribution in [0.3, 0.4) is 0 Å². The Morgan fingerprint density at radius 2 is 2.06 bits per heavy atom. The van der Waals surface area contributed by atoms with Crippen molar-refractivity contribution in [1.82, 2.24) is 5.43 Å². The van der Waals surface area contributed by atoms with Crippen molar-refractivity contribution in [1.29, 1.82) is 0 Å². The maximum atomic E-state index is 12.7. The molecule has 1 aromatic rings. The quantitative estimate of drug-likeness (QED) is 0.441. The van der Waals surface area contributed by atoms with E-state index >= 15 is 0 Å². The van der Waals surface area contributed by atoms with Crippen LogP contribution < -0.4 is 11.3 Å². The Kier molecular flexibility index (Phi) is 5.15. The van der Waals surface area contributed by atoms with Gasteiger partial charge in [0.05, 0.1) is 0 Å². The number of nitrogens with one attached hydrogen (secondary N) is 1. The third kappa shape index (κ3) is 4.13. The Morgan fingerprint density at radius 1 is 1.44 bits per heavy atom. The van der Waals surface area contributed by atoms with Crippen molar-refractivity contribution >= 4 is 0 Å². The number of rotatable bonds is 6. The summed E-state index contributed by atoms with van der Waals surface area (Å²) in [6.07, 6.45) is 2.60. The molecule has 0 aromatic heterocycles. The second kappa shape index (κ2) is 6.40. The van der Waals surface area contributed by atoms with Crippen molar-refractivity contribution in [2.75, 3.05) is 0 Å². The van der Waals surface area contributed by atoms with Crippen LogP contribution in [0.15, 0.2) is 36.4 Å². The highest BCUT2D eigenvalue weighted by Crippen LogP contribution is 2.12. The summed E-state index contributed by atoms with van der Waals surface area (Å²) in [5, 5.41) is 0. The number of halogens is 1. The minimum atomic E-state index is -0.209. The lowest BCUT2D eigenvalue weighted by molar-refractivity contribution is 0.516. The maximum absolute atomic E-state index is 12.7. The van der Waals surface area contributed by atoms with Crippen LogP contribution in [-0.4, -0.2) is 6.04 Å². The second-order valence-electron chi connectivity index (χ2n) is 4.00. The molecule has 1 rings (SSSR count). The fourth-order valence-electron chi connectivity index (χ4n) is 1.59. The van der Waals surface area contributed by atoms with Gasteiger partial charge in [0.2, 0.25) is 0 Å². The van der Waals surface area contributed by atoms with Gasteiger partial charge in [-0.05, 0) is 37.0 Å². The summed E-state index contributed by atoms with van der Waals surface area (Å²) in [5.74, 6) is 5.28. The lowest BCUT2D eigenvalue weighted by Crippen LogP contribution is -2.37. The molecule has 3 heteroatoms. The fourth-order valence-corrected chi connectivity index (χ4v) is 1.59. The molecule has 2 nitrogen and oxygen atoms in total. The molecule has 16 heavy (non-hydrogen) atoms. The molecule has 0 aliphatic heterocycles. The van der Waals surface area contributed by atoms with Crippen molar-refractivity contribution in [2.24, 2.45) is 5.84 Å². The molecule has 1 atom stereocenters. The summed E-state index contributed by atoms with van der Waals surface area (Å²) in [7, 11) is 0. The van der Waals surface area contributed by atoms with E-state index in [-0.39, 0.29) is 11.9 Å². The summed E-state index contributed by atoms with van der Waals surface area (Å²) < 4.78 is 12.7. The topological polar surface area (TPSA) is 38.0 Å². The average molecular weight is 222 g/mol. The van der Waals surface area contributed by atoms with E-state index in [9.17, 15) is 4.39 Å². The molecular formula is C13H19FN2. The minimum Gasteiger partial charge on any atom is -0.271 e. The van der Waals surface area contributed by atoms with Gasteiger partial charge in [0.25, 0.3) is 0 Å². The van der Waals surface area contributed by atoms with E-state index in [1.165, 1.54) is 17.7 Å². The highest BCUT2D eigenvalue weighted by atomic mass is 19.1. The molecule has 0 aliphatic rings. The molecule has 1 unspecified atom stereocenters. The van der Waals surface area contributed by atoms with E-state index in [2.05, 4.69) is 18.9 Å². The predicted molar refractivity (Wildman–Crippen MR) is 65.3 cm³/mol. The normalized spacial score (nSPS) is 12.4.